The molecule has 1 aromatic rings. The summed E-state index contributed by atoms with van der Waals surface area (Å²) in [6.45, 7) is 6.65. The molecular formula is C16H23N3O4. The average molecular weight is 321 g/mol. The molecule has 7 heteroatoms. The number of ether oxygens (including phenoxy) is 2. The Bertz CT molecular complexity index is 578. The van der Waals surface area contributed by atoms with Crippen LogP contribution in [-0.4, -0.2) is 46.8 Å². The molecule has 1 aromatic carbocycles. The van der Waals surface area contributed by atoms with Gasteiger partial charge in [0.05, 0.1) is 6.54 Å². The number of oxime groups is 1. The first-order valence-electron chi connectivity index (χ1n) is 7.51. The Labute approximate surface area is 135 Å². The summed E-state index contributed by atoms with van der Waals surface area (Å²) in [5.74, 6) is 0.726. The first-order valence-corrected chi connectivity index (χ1v) is 7.51. The van der Waals surface area contributed by atoms with Crippen molar-refractivity contribution in [2.45, 2.75) is 38.9 Å². The molecule has 0 aliphatic carbocycles. The van der Waals surface area contributed by atoms with Gasteiger partial charge in [-0.15, -0.1) is 0 Å². The smallest absolute Gasteiger partial charge is 0.410 e. The number of rotatable bonds is 3. The Kier molecular flexibility index (Phi) is 4.98. The topological polar surface area (TPSA) is 97.4 Å². The van der Waals surface area contributed by atoms with Gasteiger partial charge in [0.25, 0.3) is 0 Å². The standard InChI is InChI=1S/C16H23N3O4/c1-16(2,3)23-15(20)19-9-8-13(10-19)22-12-6-4-11(5-7-12)14(17)18-21/h4-7,13,21H,8-10H2,1-3H3,(H2,17,18). The highest BCUT2D eigenvalue weighted by atomic mass is 16.6. The lowest BCUT2D eigenvalue weighted by molar-refractivity contribution is 0.0275. The Hall–Kier alpha value is -2.44. The lowest BCUT2D eigenvalue weighted by Gasteiger charge is -2.24. The van der Waals surface area contributed by atoms with E-state index in [1.807, 2.05) is 20.8 Å². The summed E-state index contributed by atoms with van der Waals surface area (Å²) < 4.78 is 11.2. The number of amidine groups is 1. The molecule has 2 rings (SSSR count). The summed E-state index contributed by atoms with van der Waals surface area (Å²) >= 11 is 0. The normalized spacial score (nSPS) is 18.8. The second-order valence-electron chi connectivity index (χ2n) is 6.46. The van der Waals surface area contributed by atoms with Gasteiger partial charge in [-0.05, 0) is 45.0 Å². The Morgan fingerprint density at radius 1 is 1.35 bits per heavy atom. The van der Waals surface area contributed by atoms with Gasteiger partial charge in [0.2, 0.25) is 0 Å². The van der Waals surface area contributed by atoms with Crippen molar-refractivity contribution in [1.29, 1.82) is 0 Å². The van der Waals surface area contributed by atoms with Crippen molar-refractivity contribution in [2.24, 2.45) is 10.9 Å². The van der Waals surface area contributed by atoms with Gasteiger partial charge < -0.3 is 25.3 Å². The van der Waals surface area contributed by atoms with Gasteiger partial charge >= 0.3 is 6.09 Å². The van der Waals surface area contributed by atoms with Gasteiger partial charge in [-0.3, -0.25) is 0 Å². The van der Waals surface area contributed by atoms with Crippen LogP contribution >= 0.6 is 0 Å². The van der Waals surface area contributed by atoms with Crippen LogP contribution in [0.1, 0.15) is 32.8 Å². The SMILES string of the molecule is CC(C)(C)OC(=O)N1CCC(Oc2ccc(/C(N)=N/O)cc2)C1. The minimum absolute atomic E-state index is 0.0496. The van der Waals surface area contributed by atoms with Crippen LogP contribution in [0.15, 0.2) is 29.4 Å². The number of nitrogens with zero attached hydrogens (tertiary/aromatic N) is 2. The minimum Gasteiger partial charge on any atom is -0.489 e. The number of nitrogens with two attached hydrogens (primary N) is 1. The van der Waals surface area contributed by atoms with Crippen LogP contribution in [0, 0.1) is 0 Å². The summed E-state index contributed by atoms with van der Waals surface area (Å²) in [5, 5.41) is 11.6. The highest BCUT2D eigenvalue weighted by molar-refractivity contribution is 5.97. The summed E-state index contributed by atoms with van der Waals surface area (Å²) in [4.78, 5) is 13.7. The lowest BCUT2D eigenvalue weighted by Crippen LogP contribution is -2.36. The number of carbonyl (C=O) groups is 1. The van der Waals surface area contributed by atoms with Gasteiger partial charge in [-0.2, -0.15) is 0 Å². The summed E-state index contributed by atoms with van der Waals surface area (Å²) in [6.07, 6.45) is 0.365. The lowest BCUT2D eigenvalue weighted by atomic mass is 10.2. The van der Waals surface area contributed by atoms with Crippen LogP contribution in [-0.2, 0) is 4.74 Å². The molecule has 1 atom stereocenters. The maximum Gasteiger partial charge on any atom is 0.410 e. The molecule has 1 aliphatic heterocycles. The molecule has 1 heterocycles. The first-order chi connectivity index (χ1) is 10.8. The number of benzene rings is 1. The van der Waals surface area contributed by atoms with E-state index in [1.54, 1.807) is 29.2 Å². The third-order valence-electron chi connectivity index (χ3n) is 3.36. The molecule has 1 unspecified atom stereocenters. The van der Waals surface area contributed by atoms with Crippen molar-refractivity contribution in [3.05, 3.63) is 29.8 Å². The first kappa shape index (κ1) is 16.9. The zero-order valence-electron chi connectivity index (χ0n) is 13.7. The predicted octanol–water partition coefficient (Wildman–Crippen LogP) is 2.17. The molecule has 0 saturated carbocycles. The van der Waals surface area contributed by atoms with E-state index in [0.29, 0.717) is 24.4 Å². The van der Waals surface area contributed by atoms with Crippen LogP contribution < -0.4 is 10.5 Å². The van der Waals surface area contributed by atoms with E-state index in [-0.39, 0.29) is 18.0 Å². The maximum atomic E-state index is 12.0. The molecule has 1 saturated heterocycles. The fourth-order valence-electron chi connectivity index (χ4n) is 2.27. The van der Waals surface area contributed by atoms with E-state index < -0.39 is 5.60 Å². The van der Waals surface area contributed by atoms with Crippen molar-refractivity contribution in [1.82, 2.24) is 4.90 Å². The molecule has 1 aliphatic rings. The third kappa shape index (κ3) is 4.77. The van der Waals surface area contributed by atoms with Crippen LogP contribution in [0.25, 0.3) is 0 Å². The maximum absolute atomic E-state index is 12.0. The molecule has 0 radical (unpaired) electrons. The van der Waals surface area contributed by atoms with Gasteiger partial charge in [0, 0.05) is 18.5 Å². The van der Waals surface area contributed by atoms with E-state index in [1.165, 1.54) is 0 Å². The zero-order chi connectivity index (χ0) is 17.0. The Morgan fingerprint density at radius 3 is 2.57 bits per heavy atom. The summed E-state index contributed by atoms with van der Waals surface area (Å²) in [7, 11) is 0. The third-order valence-corrected chi connectivity index (χ3v) is 3.36. The monoisotopic (exact) mass is 321 g/mol. The zero-order valence-corrected chi connectivity index (χ0v) is 13.7. The molecule has 0 aromatic heterocycles. The number of hydrogen-bond donors (Lipinski definition) is 2. The fraction of sp³-hybridized carbons (Fsp3) is 0.500. The van der Waals surface area contributed by atoms with Crippen molar-refractivity contribution < 1.29 is 19.5 Å². The summed E-state index contributed by atoms with van der Waals surface area (Å²) in [6, 6.07) is 6.93. The number of carbonyl (C=O) groups excluding carboxylic acids is 1. The van der Waals surface area contributed by atoms with Crippen molar-refractivity contribution in [3.63, 3.8) is 0 Å². The highest BCUT2D eigenvalue weighted by Crippen LogP contribution is 2.21. The van der Waals surface area contributed by atoms with Crippen molar-refractivity contribution in [2.75, 3.05) is 13.1 Å². The van der Waals surface area contributed by atoms with Crippen molar-refractivity contribution in [3.8, 4) is 5.75 Å². The second kappa shape index (κ2) is 6.76. The molecular weight excluding hydrogens is 298 g/mol. The largest absolute Gasteiger partial charge is 0.489 e. The van der Waals surface area contributed by atoms with E-state index in [4.69, 9.17) is 20.4 Å². The summed E-state index contributed by atoms with van der Waals surface area (Å²) in [5.41, 5.74) is 5.62. The number of hydrogen-bond acceptors (Lipinski definition) is 5. The average Bonchev–Trinajstić information content (AvgIpc) is 2.94. The van der Waals surface area contributed by atoms with Gasteiger partial charge in [0.1, 0.15) is 17.5 Å². The fourth-order valence-corrected chi connectivity index (χ4v) is 2.27. The quantitative estimate of drug-likeness (QED) is 0.385. The molecule has 7 nitrogen and oxygen atoms in total. The molecule has 0 spiro atoms. The predicted molar refractivity (Wildman–Crippen MR) is 85.8 cm³/mol. The van der Waals surface area contributed by atoms with E-state index in [2.05, 4.69) is 5.16 Å². The molecule has 1 fully saturated rings. The van der Waals surface area contributed by atoms with Gasteiger partial charge in [-0.1, -0.05) is 5.16 Å². The second-order valence-corrected chi connectivity index (χ2v) is 6.46. The van der Waals surface area contributed by atoms with Crippen LogP contribution in [0.2, 0.25) is 0 Å². The minimum atomic E-state index is -0.500. The molecule has 126 valence electrons. The van der Waals surface area contributed by atoms with Gasteiger partial charge in [-0.25, -0.2) is 4.79 Å². The molecule has 0 bridgehead atoms. The molecule has 3 N–H and O–H groups in total. The van der Waals surface area contributed by atoms with Gasteiger partial charge in [0.15, 0.2) is 5.84 Å². The molecule has 23 heavy (non-hydrogen) atoms. The Morgan fingerprint density at radius 2 is 2.00 bits per heavy atom. The van der Waals surface area contributed by atoms with E-state index >= 15 is 0 Å². The van der Waals surface area contributed by atoms with E-state index in [0.717, 1.165) is 6.42 Å². The number of amides is 1. The number of likely N-dealkylation sites (tertiary alicyclic amines) is 1. The van der Waals surface area contributed by atoms with Crippen LogP contribution in [0.5, 0.6) is 5.75 Å². The Balaban J connectivity index is 1.89. The van der Waals surface area contributed by atoms with Crippen molar-refractivity contribution >= 4 is 11.9 Å². The van der Waals surface area contributed by atoms with Crippen LogP contribution in [0.4, 0.5) is 4.79 Å². The highest BCUT2D eigenvalue weighted by Gasteiger charge is 2.30. The molecule has 1 amide bonds. The van der Waals surface area contributed by atoms with E-state index in [9.17, 15) is 4.79 Å². The van der Waals surface area contributed by atoms with Crippen LogP contribution in [0.3, 0.4) is 0 Å².